The van der Waals surface area contributed by atoms with E-state index in [0.29, 0.717) is 32.6 Å². The number of hydrogen-bond acceptors (Lipinski definition) is 8. The van der Waals surface area contributed by atoms with E-state index in [1.807, 2.05) is 23.6 Å². The molecule has 2 aromatic heterocycles. The Morgan fingerprint density at radius 3 is 1.63 bits per heavy atom. The van der Waals surface area contributed by atoms with Gasteiger partial charge in [0.1, 0.15) is 0 Å². The third-order valence-corrected chi connectivity index (χ3v) is 7.09. The first-order valence-corrected chi connectivity index (χ1v) is 13.3. The van der Waals surface area contributed by atoms with Crippen LogP contribution in [-0.2, 0) is 11.5 Å². The number of nitrogens with one attached hydrogen (secondary N) is 2. The number of imidazole rings is 2. The molecule has 0 aliphatic rings. The molecule has 14 heteroatoms. The summed E-state index contributed by atoms with van der Waals surface area (Å²) >= 11 is 3.48. The zero-order chi connectivity index (χ0) is 25.5. The van der Waals surface area contributed by atoms with E-state index in [2.05, 4.69) is 29.9 Å². The number of rotatable bonds is 14. The Bertz CT molecular complexity index is 963. The summed E-state index contributed by atoms with van der Waals surface area (Å²) in [7, 11) is 0. The standard InChI is InChI=1S/C21H32N12S2/c1-16-18(30-14-28-16)10-34-8-6-32(20(24)26-12-22)4-3-5-33(21(25)27-13-23)7-9-35-11-19-17(2)29-15-31-19/h14-15H,3-11H2,1-2H3,(H2,24,26)(H2,25,27)(H,28,30)(H,29,31). The van der Waals surface area contributed by atoms with Crippen LogP contribution in [0.25, 0.3) is 0 Å². The Hall–Kier alpha value is -3.36. The highest BCUT2D eigenvalue weighted by atomic mass is 32.2. The van der Waals surface area contributed by atoms with Crippen LogP contribution >= 0.6 is 23.5 Å². The average molecular weight is 517 g/mol. The van der Waals surface area contributed by atoms with Crippen molar-refractivity contribution in [2.75, 3.05) is 37.7 Å². The number of aryl methyl sites for hydroxylation is 2. The van der Waals surface area contributed by atoms with E-state index in [9.17, 15) is 0 Å². The Morgan fingerprint density at radius 2 is 1.29 bits per heavy atom. The summed E-state index contributed by atoms with van der Waals surface area (Å²) < 4.78 is 0. The molecule has 2 heterocycles. The van der Waals surface area contributed by atoms with Gasteiger partial charge in [0.2, 0.25) is 24.3 Å². The highest BCUT2D eigenvalue weighted by molar-refractivity contribution is 7.98. The van der Waals surface area contributed by atoms with E-state index in [0.717, 1.165) is 45.8 Å². The smallest absolute Gasteiger partial charge is 0.209 e. The quantitative estimate of drug-likeness (QED) is 0.124. The third kappa shape index (κ3) is 9.80. The number of aliphatic imine (C=N–C) groups is 2. The number of H-pyrrole nitrogens is 2. The summed E-state index contributed by atoms with van der Waals surface area (Å²) in [6, 6.07) is 0. The van der Waals surface area contributed by atoms with Gasteiger partial charge in [0.05, 0.1) is 24.0 Å². The van der Waals surface area contributed by atoms with Gasteiger partial charge in [-0.1, -0.05) is 0 Å². The molecule has 0 saturated carbocycles. The van der Waals surface area contributed by atoms with Gasteiger partial charge < -0.3 is 31.2 Å². The number of thioether (sulfide) groups is 2. The number of guanidine groups is 2. The van der Waals surface area contributed by atoms with Crippen LogP contribution in [0.4, 0.5) is 0 Å². The van der Waals surface area contributed by atoms with Gasteiger partial charge in [-0.3, -0.25) is 0 Å². The van der Waals surface area contributed by atoms with Crippen LogP contribution < -0.4 is 11.5 Å². The maximum Gasteiger partial charge on any atom is 0.209 e. The molecule has 0 aliphatic heterocycles. The van der Waals surface area contributed by atoms with Crippen molar-refractivity contribution in [1.29, 1.82) is 10.5 Å². The first-order valence-electron chi connectivity index (χ1n) is 11.0. The van der Waals surface area contributed by atoms with E-state index in [1.54, 1.807) is 48.6 Å². The Morgan fingerprint density at radius 1 is 0.857 bits per heavy atom. The van der Waals surface area contributed by atoms with Gasteiger partial charge in [0.15, 0.2) is 0 Å². The maximum absolute atomic E-state index is 8.92. The van der Waals surface area contributed by atoms with E-state index in [-0.39, 0.29) is 11.9 Å². The predicted octanol–water partition coefficient (Wildman–Crippen LogP) is 1.50. The second kappa shape index (κ2) is 15.5. The van der Waals surface area contributed by atoms with Crippen molar-refractivity contribution in [3.05, 3.63) is 35.4 Å². The minimum Gasteiger partial charge on any atom is -0.369 e. The minimum absolute atomic E-state index is 0.194. The minimum atomic E-state index is 0.194. The van der Waals surface area contributed by atoms with Gasteiger partial charge in [-0.15, -0.1) is 9.98 Å². The molecule has 0 spiro atoms. The molecule has 12 nitrogen and oxygen atoms in total. The molecule has 2 aromatic rings. The van der Waals surface area contributed by atoms with Crippen molar-refractivity contribution in [3.63, 3.8) is 0 Å². The number of aromatic nitrogens is 4. The lowest BCUT2D eigenvalue weighted by molar-refractivity contribution is 0.371. The first-order chi connectivity index (χ1) is 17.0. The lowest BCUT2D eigenvalue weighted by Crippen LogP contribution is -2.43. The molecule has 0 amide bonds. The fourth-order valence-electron chi connectivity index (χ4n) is 3.13. The molecular formula is C21H32N12S2. The van der Waals surface area contributed by atoms with Crippen molar-refractivity contribution in [2.24, 2.45) is 21.5 Å². The predicted molar refractivity (Wildman–Crippen MR) is 141 cm³/mol. The van der Waals surface area contributed by atoms with Gasteiger partial charge in [-0.25, -0.2) is 9.97 Å². The molecule has 0 bridgehead atoms. The number of aromatic amines is 2. The van der Waals surface area contributed by atoms with Crippen LogP contribution in [-0.4, -0.2) is 79.3 Å². The number of nitrogens with zero attached hydrogens (tertiary/aromatic N) is 8. The number of nitrogens with two attached hydrogens (primary N) is 2. The summed E-state index contributed by atoms with van der Waals surface area (Å²) in [4.78, 5) is 26.0. The molecule has 0 unspecified atom stereocenters. The fourth-order valence-corrected chi connectivity index (χ4v) is 5.09. The van der Waals surface area contributed by atoms with Crippen molar-refractivity contribution in [1.82, 2.24) is 29.7 Å². The molecule has 2 rings (SSSR count). The lowest BCUT2D eigenvalue weighted by Gasteiger charge is -2.26. The third-order valence-electron chi connectivity index (χ3n) is 5.19. The van der Waals surface area contributed by atoms with E-state index in [4.69, 9.17) is 22.0 Å². The fraction of sp³-hybridized carbons (Fsp3) is 0.524. The Labute approximate surface area is 214 Å². The topological polar surface area (TPSA) is 188 Å². The Kier molecular flexibility index (Phi) is 12.4. The van der Waals surface area contributed by atoms with Gasteiger partial charge in [-0.05, 0) is 20.3 Å². The van der Waals surface area contributed by atoms with Crippen molar-refractivity contribution < 1.29 is 0 Å². The first kappa shape index (κ1) is 27.9. The van der Waals surface area contributed by atoms with Gasteiger partial charge >= 0.3 is 0 Å². The van der Waals surface area contributed by atoms with Crippen LogP contribution in [0, 0.1) is 36.8 Å². The van der Waals surface area contributed by atoms with Crippen LogP contribution in [0.15, 0.2) is 22.6 Å². The van der Waals surface area contributed by atoms with E-state index < -0.39 is 0 Å². The molecule has 188 valence electrons. The summed E-state index contributed by atoms with van der Waals surface area (Å²) in [5.41, 5.74) is 16.2. The molecule has 0 saturated heterocycles. The molecule has 0 atom stereocenters. The Balaban J connectivity index is 1.83. The number of hydrogen-bond donors (Lipinski definition) is 4. The monoisotopic (exact) mass is 516 g/mol. The zero-order valence-electron chi connectivity index (χ0n) is 20.1. The number of nitriles is 2. The second-order valence-electron chi connectivity index (χ2n) is 7.52. The molecule has 0 radical (unpaired) electrons. The average Bonchev–Trinajstić information content (AvgIpc) is 3.44. The normalized spacial score (nSPS) is 11.8. The van der Waals surface area contributed by atoms with E-state index in [1.165, 1.54) is 0 Å². The van der Waals surface area contributed by atoms with Crippen LogP contribution in [0.2, 0.25) is 0 Å². The molecule has 35 heavy (non-hydrogen) atoms. The maximum atomic E-state index is 8.92. The summed E-state index contributed by atoms with van der Waals surface area (Å²) in [5, 5.41) is 17.8. The van der Waals surface area contributed by atoms with Crippen LogP contribution in [0.5, 0.6) is 0 Å². The molecule has 0 fully saturated rings. The van der Waals surface area contributed by atoms with Crippen LogP contribution in [0.1, 0.15) is 29.2 Å². The van der Waals surface area contributed by atoms with Gasteiger partial charge in [-0.2, -0.15) is 34.0 Å². The molecule has 0 aliphatic carbocycles. The zero-order valence-corrected chi connectivity index (χ0v) is 21.7. The molecular weight excluding hydrogens is 484 g/mol. The summed E-state index contributed by atoms with van der Waals surface area (Å²) in [6.45, 7) is 6.47. The van der Waals surface area contributed by atoms with Crippen LogP contribution in [0.3, 0.4) is 0 Å². The molecule has 6 N–H and O–H groups in total. The highest BCUT2D eigenvalue weighted by Gasteiger charge is 2.13. The van der Waals surface area contributed by atoms with Gasteiger partial charge in [0.25, 0.3) is 0 Å². The summed E-state index contributed by atoms with van der Waals surface area (Å²) in [6.07, 6.45) is 7.60. The van der Waals surface area contributed by atoms with Crippen molar-refractivity contribution in [2.45, 2.75) is 31.8 Å². The highest BCUT2D eigenvalue weighted by Crippen LogP contribution is 2.14. The second-order valence-corrected chi connectivity index (χ2v) is 9.73. The largest absolute Gasteiger partial charge is 0.369 e. The van der Waals surface area contributed by atoms with Crippen molar-refractivity contribution in [3.8, 4) is 12.4 Å². The SMILES string of the molecule is Cc1[nH]cnc1CSCCN(CCCN(CCSCc1nc[nH]c1C)C(N)=NC#N)C(N)=NC#N. The summed E-state index contributed by atoms with van der Waals surface area (Å²) in [5.74, 6) is 3.59. The lowest BCUT2D eigenvalue weighted by atomic mass is 10.3. The molecule has 0 aromatic carbocycles. The van der Waals surface area contributed by atoms with E-state index >= 15 is 0 Å². The van der Waals surface area contributed by atoms with Crippen molar-refractivity contribution >= 4 is 35.4 Å². The van der Waals surface area contributed by atoms with Gasteiger partial charge in [0, 0.05) is 60.6 Å².